The van der Waals surface area contributed by atoms with Gasteiger partial charge in [0.2, 0.25) is 11.8 Å². The minimum atomic E-state index is -0.306. The number of rotatable bonds is 3. The molecule has 0 saturated carbocycles. The molecule has 5 nitrogen and oxygen atoms in total. The summed E-state index contributed by atoms with van der Waals surface area (Å²) in [5, 5.41) is 12.1. The molecule has 0 bridgehead atoms. The fraction of sp³-hybridized carbons (Fsp3) is 0.385. The maximum Gasteiger partial charge on any atom is 0.232 e. The van der Waals surface area contributed by atoms with Gasteiger partial charge < -0.3 is 15.3 Å². The molecule has 1 aromatic rings. The Bertz CT molecular complexity index is 473. The maximum absolute atomic E-state index is 12.3. The van der Waals surface area contributed by atoms with Crippen molar-refractivity contribution in [1.29, 1.82) is 0 Å². The number of phenols is 1. The van der Waals surface area contributed by atoms with Crippen LogP contribution in [0.15, 0.2) is 24.3 Å². The van der Waals surface area contributed by atoms with Gasteiger partial charge in [-0.25, -0.2) is 0 Å². The molecule has 2 N–H and O–H groups in total. The van der Waals surface area contributed by atoms with Crippen LogP contribution in [-0.4, -0.2) is 30.0 Å². The highest BCUT2D eigenvalue weighted by molar-refractivity contribution is 5.99. The van der Waals surface area contributed by atoms with Crippen LogP contribution >= 0.6 is 0 Å². The Kier molecular flexibility index (Phi) is 3.50. The number of phenolic OH excluding ortho intramolecular Hbond substituents is 1. The molecule has 18 heavy (non-hydrogen) atoms. The number of carbonyl (C=O) groups is 2. The van der Waals surface area contributed by atoms with Gasteiger partial charge in [-0.2, -0.15) is 0 Å². The van der Waals surface area contributed by atoms with Crippen LogP contribution < -0.4 is 10.2 Å². The summed E-state index contributed by atoms with van der Waals surface area (Å²) >= 11 is 0. The monoisotopic (exact) mass is 248 g/mol. The standard InChI is InChI=1S/C13H16N2O3/c1-2-15(10-4-3-5-11(16)7-10)13(18)9-6-12(17)14-8-9/h3-5,7,9,16H,2,6,8H2,1H3,(H,14,17). The Morgan fingerprint density at radius 1 is 1.56 bits per heavy atom. The molecular formula is C13H16N2O3. The second-order valence-corrected chi connectivity index (χ2v) is 4.31. The third-order valence-electron chi connectivity index (χ3n) is 3.05. The number of benzene rings is 1. The minimum absolute atomic E-state index is 0.0820. The molecule has 1 saturated heterocycles. The van der Waals surface area contributed by atoms with E-state index in [1.54, 1.807) is 29.2 Å². The van der Waals surface area contributed by atoms with Gasteiger partial charge in [-0.05, 0) is 19.1 Å². The molecule has 1 heterocycles. The summed E-state index contributed by atoms with van der Waals surface area (Å²) in [6, 6.07) is 6.57. The Morgan fingerprint density at radius 2 is 2.33 bits per heavy atom. The van der Waals surface area contributed by atoms with Crippen LogP contribution in [0.2, 0.25) is 0 Å². The number of hydrogen-bond acceptors (Lipinski definition) is 3. The molecule has 1 aliphatic rings. The van der Waals surface area contributed by atoms with Gasteiger partial charge in [-0.3, -0.25) is 9.59 Å². The number of nitrogens with one attached hydrogen (secondary N) is 1. The third kappa shape index (κ3) is 2.45. The summed E-state index contributed by atoms with van der Waals surface area (Å²) in [4.78, 5) is 25.0. The second kappa shape index (κ2) is 5.08. The van der Waals surface area contributed by atoms with Crippen LogP contribution in [0.25, 0.3) is 0 Å². The predicted molar refractivity (Wildman–Crippen MR) is 67.3 cm³/mol. The van der Waals surface area contributed by atoms with Crippen molar-refractivity contribution in [1.82, 2.24) is 5.32 Å². The summed E-state index contributed by atoms with van der Waals surface area (Å²) in [5.41, 5.74) is 0.654. The van der Waals surface area contributed by atoms with Crippen molar-refractivity contribution in [3.8, 4) is 5.75 Å². The molecule has 0 radical (unpaired) electrons. The van der Waals surface area contributed by atoms with E-state index in [1.165, 1.54) is 0 Å². The Balaban J connectivity index is 2.18. The summed E-state index contributed by atoms with van der Waals surface area (Å²) in [6.45, 7) is 2.77. The molecule has 2 rings (SSSR count). The van der Waals surface area contributed by atoms with Crippen LogP contribution in [0.3, 0.4) is 0 Å². The van der Waals surface area contributed by atoms with E-state index < -0.39 is 0 Å². The number of hydrogen-bond donors (Lipinski definition) is 2. The summed E-state index contributed by atoms with van der Waals surface area (Å²) < 4.78 is 0. The van der Waals surface area contributed by atoms with Crippen molar-refractivity contribution >= 4 is 17.5 Å². The van der Waals surface area contributed by atoms with Gasteiger partial charge in [0.1, 0.15) is 5.75 Å². The van der Waals surface area contributed by atoms with Crippen molar-refractivity contribution < 1.29 is 14.7 Å². The lowest BCUT2D eigenvalue weighted by molar-refractivity contribution is -0.124. The zero-order valence-electron chi connectivity index (χ0n) is 10.2. The van der Waals surface area contributed by atoms with Crippen LogP contribution in [0.4, 0.5) is 5.69 Å². The van der Waals surface area contributed by atoms with E-state index in [2.05, 4.69) is 5.32 Å². The first-order valence-electron chi connectivity index (χ1n) is 5.99. The highest BCUT2D eigenvalue weighted by Gasteiger charge is 2.31. The molecule has 1 unspecified atom stereocenters. The minimum Gasteiger partial charge on any atom is -0.508 e. The zero-order chi connectivity index (χ0) is 13.1. The van der Waals surface area contributed by atoms with E-state index in [4.69, 9.17) is 0 Å². The molecular weight excluding hydrogens is 232 g/mol. The zero-order valence-corrected chi connectivity index (χ0v) is 10.2. The van der Waals surface area contributed by atoms with E-state index >= 15 is 0 Å². The third-order valence-corrected chi connectivity index (χ3v) is 3.05. The van der Waals surface area contributed by atoms with Crippen LogP contribution in [0, 0.1) is 5.92 Å². The molecule has 0 spiro atoms. The molecule has 0 aliphatic carbocycles. The first-order chi connectivity index (χ1) is 8.61. The summed E-state index contributed by atoms with van der Waals surface area (Å²) in [7, 11) is 0. The summed E-state index contributed by atoms with van der Waals surface area (Å²) in [5.74, 6) is -0.346. The molecule has 1 aromatic carbocycles. The van der Waals surface area contributed by atoms with E-state index in [1.807, 2.05) is 6.92 Å². The first-order valence-corrected chi connectivity index (χ1v) is 5.99. The van der Waals surface area contributed by atoms with Crippen molar-refractivity contribution in [3.63, 3.8) is 0 Å². The fourth-order valence-electron chi connectivity index (χ4n) is 2.13. The van der Waals surface area contributed by atoms with E-state index in [0.717, 1.165) is 0 Å². The SMILES string of the molecule is CCN(C(=O)C1CNC(=O)C1)c1cccc(O)c1. The van der Waals surface area contributed by atoms with E-state index in [-0.39, 0.29) is 29.9 Å². The van der Waals surface area contributed by atoms with Gasteiger partial charge >= 0.3 is 0 Å². The van der Waals surface area contributed by atoms with Crippen LogP contribution in [-0.2, 0) is 9.59 Å². The lowest BCUT2D eigenvalue weighted by Crippen LogP contribution is -2.36. The quantitative estimate of drug-likeness (QED) is 0.834. The molecule has 2 amide bonds. The van der Waals surface area contributed by atoms with Crippen molar-refractivity contribution in [2.75, 3.05) is 18.0 Å². The molecule has 1 atom stereocenters. The Morgan fingerprint density at radius 3 is 2.89 bits per heavy atom. The summed E-state index contributed by atoms with van der Waals surface area (Å²) in [6.07, 6.45) is 0.244. The van der Waals surface area contributed by atoms with Crippen molar-refractivity contribution in [2.24, 2.45) is 5.92 Å². The maximum atomic E-state index is 12.3. The number of aromatic hydroxyl groups is 1. The number of anilines is 1. The van der Waals surface area contributed by atoms with Gasteiger partial charge in [0, 0.05) is 31.3 Å². The molecule has 1 aliphatic heterocycles. The van der Waals surface area contributed by atoms with Gasteiger partial charge in [-0.1, -0.05) is 6.07 Å². The first kappa shape index (κ1) is 12.4. The molecule has 1 fully saturated rings. The highest BCUT2D eigenvalue weighted by Crippen LogP contribution is 2.23. The average molecular weight is 248 g/mol. The molecule has 5 heteroatoms. The topological polar surface area (TPSA) is 69.6 Å². The normalized spacial score (nSPS) is 18.5. The van der Waals surface area contributed by atoms with Gasteiger partial charge in [0.25, 0.3) is 0 Å². The van der Waals surface area contributed by atoms with Crippen LogP contribution in [0.5, 0.6) is 5.75 Å². The Labute approximate surface area is 105 Å². The number of nitrogens with zero attached hydrogens (tertiary/aromatic N) is 1. The van der Waals surface area contributed by atoms with Crippen molar-refractivity contribution in [2.45, 2.75) is 13.3 Å². The van der Waals surface area contributed by atoms with E-state index in [9.17, 15) is 14.7 Å². The van der Waals surface area contributed by atoms with Crippen molar-refractivity contribution in [3.05, 3.63) is 24.3 Å². The number of carbonyl (C=O) groups excluding carboxylic acids is 2. The molecule has 0 aromatic heterocycles. The van der Waals surface area contributed by atoms with Gasteiger partial charge in [0.15, 0.2) is 0 Å². The predicted octanol–water partition coefficient (Wildman–Crippen LogP) is 0.881. The van der Waals surface area contributed by atoms with Gasteiger partial charge in [-0.15, -0.1) is 0 Å². The fourth-order valence-corrected chi connectivity index (χ4v) is 2.13. The second-order valence-electron chi connectivity index (χ2n) is 4.31. The van der Waals surface area contributed by atoms with E-state index in [0.29, 0.717) is 18.8 Å². The average Bonchev–Trinajstić information content (AvgIpc) is 2.77. The Hall–Kier alpha value is -2.04. The number of amides is 2. The smallest absolute Gasteiger partial charge is 0.232 e. The molecule has 96 valence electrons. The van der Waals surface area contributed by atoms with Crippen LogP contribution in [0.1, 0.15) is 13.3 Å². The lowest BCUT2D eigenvalue weighted by Gasteiger charge is -2.23. The van der Waals surface area contributed by atoms with Gasteiger partial charge in [0.05, 0.1) is 5.92 Å². The lowest BCUT2D eigenvalue weighted by atomic mass is 10.1. The highest BCUT2D eigenvalue weighted by atomic mass is 16.3. The largest absolute Gasteiger partial charge is 0.508 e.